The number of hydrogen-bond acceptors (Lipinski definition) is 1. The van der Waals surface area contributed by atoms with E-state index in [2.05, 4.69) is 29.6 Å². The lowest BCUT2D eigenvalue weighted by molar-refractivity contribution is 0.102. The molecule has 0 saturated heterocycles. The van der Waals surface area contributed by atoms with Crippen molar-refractivity contribution >= 4 is 44.7 Å². The zero-order valence-corrected chi connectivity index (χ0v) is 14.8. The normalized spacial score (nSPS) is 12.7. The summed E-state index contributed by atoms with van der Waals surface area (Å²) in [5, 5.41) is 7.94. The van der Waals surface area contributed by atoms with Gasteiger partial charge >= 0.3 is 0 Å². The third-order valence-corrected chi connectivity index (χ3v) is 5.57. The Hall–Kier alpha value is -2.84. The molecule has 1 amide bonds. The molecule has 1 N–H and O–H groups in total. The van der Waals surface area contributed by atoms with E-state index in [1.54, 1.807) is 0 Å². The average Bonchev–Trinajstić information content (AvgIpc) is 3.09. The largest absolute Gasteiger partial charge is 0.321 e. The van der Waals surface area contributed by atoms with Crippen LogP contribution in [0.15, 0.2) is 66.7 Å². The Balaban J connectivity index is 1.61. The second kappa shape index (κ2) is 5.86. The van der Waals surface area contributed by atoms with Crippen molar-refractivity contribution in [2.45, 2.75) is 12.8 Å². The Morgan fingerprint density at radius 2 is 1.46 bits per heavy atom. The minimum absolute atomic E-state index is 0.114. The van der Waals surface area contributed by atoms with Crippen molar-refractivity contribution in [2.24, 2.45) is 0 Å². The fraction of sp³-hybridized carbons (Fsp3) is 0.0870. The van der Waals surface area contributed by atoms with E-state index in [0.717, 1.165) is 34.7 Å². The maximum atomic E-state index is 13.0. The monoisotopic (exact) mass is 357 g/mol. The van der Waals surface area contributed by atoms with Gasteiger partial charge in [-0.3, -0.25) is 4.79 Å². The molecule has 0 heterocycles. The van der Waals surface area contributed by atoms with E-state index in [4.69, 9.17) is 11.6 Å². The lowest BCUT2D eigenvalue weighted by Crippen LogP contribution is -2.12. The van der Waals surface area contributed by atoms with Crippen molar-refractivity contribution in [1.29, 1.82) is 0 Å². The molecule has 126 valence electrons. The highest BCUT2D eigenvalue weighted by molar-refractivity contribution is 6.36. The minimum atomic E-state index is -0.114. The first kappa shape index (κ1) is 15.4. The highest BCUT2D eigenvalue weighted by Crippen LogP contribution is 2.35. The number of halogens is 1. The number of benzene rings is 4. The van der Waals surface area contributed by atoms with E-state index in [1.807, 2.05) is 42.5 Å². The van der Waals surface area contributed by atoms with E-state index in [1.165, 1.54) is 16.5 Å². The maximum absolute atomic E-state index is 13.0. The van der Waals surface area contributed by atoms with Crippen LogP contribution in [0.1, 0.15) is 21.5 Å². The van der Waals surface area contributed by atoms with Crippen molar-refractivity contribution in [2.75, 3.05) is 5.32 Å². The molecule has 0 saturated carbocycles. The molecule has 5 rings (SSSR count). The van der Waals surface area contributed by atoms with Gasteiger partial charge in [-0.05, 0) is 52.9 Å². The molecule has 4 aromatic carbocycles. The summed E-state index contributed by atoms with van der Waals surface area (Å²) in [4.78, 5) is 13.0. The zero-order valence-electron chi connectivity index (χ0n) is 14.1. The summed E-state index contributed by atoms with van der Waals surface area (Å²) < 4.78 is 0. The van der Waals surface area contributed by atoms with E-state index < -0.39 is 0 Å². The van der Waals surface area contributed by atoms with E-state index in [0.29, 0.717) is 10.6 Å². The fourth-order valence-electron chi connectivity index (χ4n) is 4.02. The number of carbonyl (C=O) groups excluding carboxylic acids is 1. The molecule has 0 aliphatic heterocycles. The van der Waals surface area contributed by atoms with Crippen molar-refractivity contribution in [3.63, 3.8) is 0 Å². The summed E-state index contributed by atoms with van der Waals surface area (Å²) in [7, 11) is 0. The van der Waals surface area contributed by atoms with Crippen molar-refractivity contribution in [1.82, 2.24) is 0 Å². The molecule has 0 aromatic heterocycles. The van der Waals surface area contributed by atoms with Gasteiger partial charge in [0.15, 0.2) is 0 Å². The van der Waals surface area contributed by atoms with Crippen LogP contribution in [0.3, 0.4) is 0 Å². The maximum Gasteiger partial charge on any atom is 0.256 e. The van der Waals surface area contributed by atoms with Crippen molar-refractivity contribution in [3.05, 3.63) is 88.4 Å². The second-order valence-corrected chi connectivity index (χ2v) is 7.11. The highest BCUT2D eigenvalue weighted by atomic mass is 35.5. The molecule has 1 aliphatic rings. The summed E-state index contributed by atoms with van der Waals surface area (Å²) in [5.74, 6) is -0.114. The topological polar surface area (TPSA) is 29.1 Å². The zero-order chi connectivity index (χ0) is 17.7. The Bertz CT molecular complexity index is 1190. The molecule has 0 radical (unpaired) electrons. The molecule has 0 bridgehead atoms. The molecule has 2 nitrogen and oxygen atoms in total. The van der Waals surface area contributed by atoms with Crippen LogP contribution in [-0.2, 0) is 12.8 Å². The SMILES string of the molecule is O=C(Nc1ccc2c3c(cccc13)CC2)c1cccc2c(Cl)cccc12. The summed E-state index contributed by atoms with van der Waals surface area (Å²) in [6.07, 6.45) is 2.15. The van der Waals surface area contributed by atoms with Crippen molar-refractivity contribution in [3.8, 4) is 0 Å². The summed E-state index contributed by atoms with van der Waals surface area (Å²) in [6.45, 7) is 0. The van der Waals surface area contributed by atoms with Gasteiger partial charge in [0.2, 0.25) is 0 Å². The smallest absolute Gasteiger partial charge is 0.256 e. The van der Waals surface area contributed by atoms with Crippen molar-refractivity contribution < 1.29 is 4.79 Å². The Labute approximate surface area is 156 Å². The predicted molar refractivity (Wildman–Crippen MR) is 108 cm³/mol. The van der Waals surface area contributed by atoms with Crippen LogP contribution in [0.5, 0.6) is 0 Å². The third-order valence-electron chi connectivity index (χ3n) is 5.24. The van der Waals surface area contributed by atoms with Gasteiger partial charge in [0, 0.05) is 27.0 Å². The second-order valence-electron chi connectivity index (χ2n) is 6.71. The van der Waals surface area contributed by atoms with Crippen LogP contribution in [0, 0.1) is 0 Å². The number of carbonyl (C=O) groups is 1. The molecule has 0 atom stereocenters. The molecule has 3 heteroatoms. The van der Waals surface area contributed by atoms with Crippen LogP contribution in [-0.4, -0.2) is 5.91 Å². The number of anilines is 1. The lowest BCUT2D eigenvalue weighted by Gasteiger charge is -2.12. The van der Waals surface area contributed by atoms with E-state index in [9.17, 15) is 4.79 Å². The van der Waals surface area contributed by atoms with Gasteiger partial charge in [-0.2, -0.15) is 0 Å². The average molecular weight is 358 g/mol. The number of nitrogens with one attached hydrogen (secondary N) is 1. The number of aryl methyl sites for hydroxylation is 2. The number of fused-ring (bicyclic) bond motifs is 1. The van der Waals surface area contributed by atoms with Crippen LogP contribution in [0.2, 0.25) is 5.02 Å². The van der Waals surface area contributed by atoms with Crippen LogP contribution in [0.25, 0.3) is 21.5 Å². The first-order valence-electron chi connectivity index (χ1n) is 8.74. The lowest BCUT2D eigenvalue weighted by atomic mass is 10.0. The van der Waals surface area contributed by atoms with Crippen LogP contribution in [0.4, 0.5) is 5.69 Å². The Morgan fingerprint density at radius 1 is 0.769 bits per heavy atom. The van der Waals surface area contributed by atoms with Gasteiger partial charge in [-0.1, -0.05) is 60.1 Å². The molecule has 26 heavy (non-hydrogen) atoms. The Morgan fingerprint density at radius 3 is 2.35 bits per heavy atom. The summed E-state index contributed by atoms with van der Waals surface area (Å²) >= 11 is 6.28. The quantitative estimate of drug-likeness (QED) is 0.468. The van der Waals surface area contributed by atoms with Gasteiger partial charge in [0.25, 0.3) is 5.91 Å². The first-order valence-corrected chi connectivity index (χ1v) is 9.12. The molecule has 0 fully saturated rings. The first-order chi connectivity index (χ1) is 12.7. The molecular weight excluding hydrogens is 342 g/mol. The number of hydrogen-bond donors (Lipinski definition) is 1. The van der Waals surface area contributed by atoms with Crippen LogP contribution < -0.4 is 5.32 Å². The molecule has 1 aliphatic carbocycles. The molecule has 0 unspecified atom stereocenters. The van der Waals surface area contributed by atoms with Crippen LogP contribution >= 0.6 is 11.6 Å². The summed E-state index contributed by atoms with van der Waals surface area (Å²) in [5.41, 5.74) is 4.22. The van der Waals surface area contributed by atoms with Gasteiger partial charge < -0.3 is 5.32 Å². The summed E-state index contributed by atoms with van der Waals surface area (Å²) in [6, 6.07) is 21.8. The molecular formula is C23H16ClNO. The third kappa shape index (κ3) is 2.30. The van der Waals surface area contributed by atoms with Gasteiger partial charge in [0.1, 0.15) is 0 Å². The van der Waals surface area contributed by atoms with Gasteiger partial charge in [-0.15, -0.1) is 0 Å². The minimum Gasteiger partial charge on any atom is -0.321 e. The molecule has 0 spiro atoms. The number of amides is 1. The predicted octanol–water partition coefficient (Wildman–Crippen LogP) is 6.00. The van der Waals surface area contributed by atoms with Gasteiger partial charge in [0.05, 0.1) is 0 Å². The Kier molecular flexibility index (Phi) is 3.47. The van der Waals surface area contributed by atoms with Gasteiger partial charge in [-0.25, -0.2) is 0 Å². The standard InChI is InChI=1S/C23H16ClNO/c24-20-9-3-5-16-17(20)6-2-7-18(16)23(26)25-21-13-12-15-11-10-14-4-1-8-19(21)22(14)15/h1-9,12-13H,10-11H2,(H,25,26). The van der Waals surface area contributed by atoms with E-state index in [-0.39, 0.29) is 5.91 Å². The van der Waals surface area contributed by atoms with E-state index >= 15 is 0 Å². The number of rotatable bonds is 2. The fourth-order valence-corrected chi connectivity index (χ4v) is 4.25. The molecule has 4 aromatic rings. The highest BCUT2D eigenvalue weighted by Gasteiger charge is 2.18.